The van der Waals surface area contributed by atoms with Crippen molar-refractivity contribution in [2.24, 2.45) is 0 Å². The maximum absolute atomic E-state index is 11.2. The molecule has 0 aliphatic carbocycles. The third-order valence-corrected chi connectivity index (χ3v) is 14.2. The molecule has 0 unspecified atom stereocenters. The normalized spacial score (nSPS) is 11.9. The van der Waals surface area contributed by atoms with E-state index in [2.05, 4.69) is 143 Å². The lowest BCUT2D eigenvalue weighted by Gasteiger charge is -2.13. The SMILES string of the molecule is N#Cc1cc(-c2nc(-c3cccc(-c4ccccc4)c3)nc(-c3ccc4oc5ccccc5c4c3)n2)ccc1-n1c2ccccc2c2ccc3c(c4ccccc4n3-c3ccc4oc5ccccc5c4c3)c21. The fourth-order valence-corrected chi connectivity index (χ4v) is 10.9. The van der Waals surface area contributed by atoms with Crippen molar-refractivity contribution < 1.29 is 8.83 Å². The molecule has 0 aliphatic rings. The number of rotatable bonds is 6. The maximum atomic E-state index is 11.2. The summed E-state index contributed by atoms with van der Waals surface area (Å²) in [5.74, 6) is 1.49. The van der Waals surface area contributed by atoms with Gasteiger partial charge in [-0.1, -0.05) is 127 Å². The molecule has 0 amide bonds. The van der Waals surface area contributed by atoms with Crippen LogP contribution in [0.2, 0.25) is 0 Å². The van der Waals surface area contributed by atoms with Crippen molar-refractivity contribution in [1.29, 1.82) is 5.26 Å². The third-order valence-electron chi connectivity index (χ3n) is 14.2. The molecule has 8 nitrogen and oxygen atoms in total. The van der Waals surface area contributed by atoms with Gasteiger partial charge in [0.15, 0.2) is 17.5 Å². The second kappa shape index (κ2) is 15.5. The third kappa shape index (κ3) is 6.01. The van der Waals surface area contributed by atoms with E-state index in [1.165, 1.54) is 0 Å². The van der Waals surface area contributed by atoms with Crippen LogP contribution in [0, 0.1) is 11.3 Å². The monoisotopic (exact) mass is 920 g/mol. The average molecular weight is 921 g/mol. The molecule has 0 atom stereocenters. The lowest BCUT2D eigenvalue weighted by molar-refractivity contribution is 0.668. The summed E-state index contributed by atoms with van der Waals surface area (Å²) in [5, 5.41) is 19.8. The van der Waals surface area contributed by atoms with E-state index in [0.717, 1.165) is 121 Å². The summed E-state index contributed by atoms with van der Waals surface area (Å²) in [7, 11) is 0. The van der Waals surface area contributed by atoms with Gasteiger partial charge in [-0.05, 0) is 102 Å². The van der Waals surface area contributed by atoms with Crippen LogP contribution in [-0.4, -0.2) is 24.1 Å². The van der Waals surface area contributed by atoms with E-state index in [0.29, 0.717) is 28.6 Å². The van der Waals surface area contributed by atoms with Crippen molar-refractivity contribution in [3.8, 4) is 62.7 Å². The molecule has 0 fully saturated rings. The van der Waals surface area contributed by atoms with Gasteiger partial charge in [-0.15, -0.1) is 0 Å². The molecule has 0 bridgehead atoms. The zero-order valence-electron chi connectivity index (χ0n) is 38.3. The molecule has 5 aromatic heterocycles. The summed E-state index contributed by atoms with van der Waals surface area (Å²) in [6.07, 6.45) is 0. The summed E-state index contributed by atoms with van der Waals surface area (Å²) in [6.45, 7) is 0. The molecule has 334 valence electrons. The van der Waals surface area contributed by atoms with Gasteiger partial charge in [0.05, 0.1) is 33.3 Å². The fourth-order valence-electron chi connectivity index (χ4n) is 10.9. The van der Waals surface area contributed by atoms with Crippen molar-refractivity contribution in [3.05, 3.63) is 224 Å². The summed E-state index contributed by atoms with van der Waals surface area (Å²) >= 11 is 0. The highest BCUT2D eigenvalue weighted by Gasteiger charge is 2.24. The Labute approximate surface area is 410 Å². The highest BCUT2D eigenvalue weighted by Crippen LogP contribution is 2.44. The summed E-state index contributed by atoms with van der Waals surface area (Å²) in [5.41, 5.74) is 14.2. The van der Waals surface area contributed by atoms with E-state index < -0.39 is 0 Å². The molecule has 72 heavy (non-hydrogen) atoms. The largest absolute Gasteiger partial charge is 0.456 e. The number of aromatic nitrogens is 5. The molecular weight excluding hydrogens is 885 g/mol. The minimum absolute atomic E-state index is 0.454. The van der Waals surface area contributed by atoms with Crippen molar-refractivity contribution in [1.82, 2.24) is 24.1 Å². The predicted octanol–water partition coefficient (Wildman–Crippen LogP) is 16.4. The van der Waals surface area contributed by atoms with Gasteiger partial charge in [-0.3, -0.25) is 0 Å². The first kappa shape index (κ1) is 39.9. The minimum atomic E-state index is 0.454. The molecule has 10 aromatic carbocycles. The van der Waals surface area contributed by atoms with Gasteiger partial charge in [0.2, 0.25) is 0 Å². The molecule has 5 heterocycles. The number of fused-ring (bicyclic) bond motifs is 13. The standard InChI is InChI=1S/C64H36N6O2/c65-37-43-34-41(63-66-62(40-16-12-15-39(33-40)38-13-2-1-3-14-38)67-64(68-63)42-26-31-58-50(35-42)46-18-6-10-23-56(46)71-58)25-29-52(43)70-53-21-8-4-17-45(53)48-28-30-55-60(61(48)70)49-20-5-9-22-54(49)69(55)44-27-32-59-51(36-44)47-19-7-11-24-57(47)72-59/h1-36H. The highest BCUT2D eigenvalue weighted by atomic mass is 16.3. The molecule has 15 rings (SSSR count). The van der Waals surface area contributed by atoms with E-state index in [1.807, 2.05) is 91.0 Å². The Balaban J connectivity index is 0.937. The van der Waals surface area contributed by atoms with Crippen molar-refractivity contribution in [2.45, 2.75) is 0 Å². The number of para-hydroxylation sites is 4. The molecule has 0 N–H and O–H groups in total. The van der Waals surface area contributed by atoms with E-state index >= 15 is 0 Å². The Hall–Kier alpha value is -10.1. The number of hydrogen-bond donors (Lipinski definition) is 0. The van der Waals surface area contributed by atoms with Crippen LogP contribution in [0.3, 0.4) is 0 Å². The number of furan rings is 2. The van der Waals surface area contributed by atoms with Crippen LogP contribution in [0.25, 0.3) is 144 Å². The quantitative estimate of drug-likeness (QED) is 0.165. The Morgan fingerprint density at radius 3 is 1.61 bits per heavy atom. The van der Waals surface area contributed by atoms with Crippen LogP contribution in [0.4, 0.5) is 0 Å². The number of nitrogens with zero attached hydrogens (tertiary/aromatic N) is 6. The van der Waals surface area contributed by atoms with Gasteiger partial charge in [0.25, 0.3) is 0 Å². The van der Waals surface area contributed by atoms with Gasteiger partial charge < -0.3 is 18.0 Å². The van der Waals surface area contributed by atoms with E-state index in [9.17, 15) is 5.26 Å². The first-order chi connectivity index (χ1) is 35.6. The van der Waals surface area contributed by atoms with Gasteiger partial charge >= 0.3 is 0 Å². The van der Waals surface area contributed by atoms with Crippen LogP contribution in [-0.2, 0) is 0 Å². The van der Waals surface area contributed by atoms with Crippen LogP contribution in [0.15, 0.2) is 227 Å². The van der Waals surface area contributed by atoms with Crippen LogP contribution >= 0.6 is 0 Å². The topological polar surface area (TPSA) is 98.6 Å². The maximum Gasteiger partial charge on any atom is 0.164 e. The van der Waals surface area contributed by atoms with Crippen LogP contribution in [0.5, 0.6) is 0 Å². The molecule has 0 saturated carbocycles. The van der Waals surface area contributed by atoms with Gasteiger partial charge in [0.1, 0.15) is 28.4 Å². The Kier molecular flexibility index (Phi) is 8.55. The molecule has 0 spiro atoms. The van der Waals surface area contributed by atoms with Crippen LogP contribution in [0.1, 0.15) is 5.56 Å². The first-order valence-electron chi connectivity index (χ1n) is 23.9. The lowest BCUT2D eigenvalue weighted by Crippen LogP contribution is -2.02. The second-order valence-corrected chi connectivity index (χ2v) is 18.2. The van der Waals surface area contributed by atoms with Crippen molar-refractivity contribution >= 4 is 87.5 Å². The predicted molar refractivity (Wildman–Crippen MR) is 290 cm³/mol. The molecule has 0 aliphatic heterocycles. The lowest BCUT2D eigenvalue weighted by atomic mass is 10.0. The fraction of sp³-hybridized carbons (Fsp3) is 0. The zero-order chi connectivity index (χ0) is 47.4. The average Bonchev–Trinajstić information content (AvgIpc) is 4.20. The van der Waals surface area contributed by atoms with Gasteiger partial charge in [-0.25, -0.2) is 15.0 Å². The number of benzene rings is 10. The van der Waals surface area contributed by atoms with Crippen molar-refractivity contribution in [2.75, 3.05) is 0 Å². The summed E-state index contributed by atoms with van der Waals surface area (Å²) in [6, 6.07) is 77.4. The number of hydrogen-bond acceptors (Lipinski definition) is 6. The Bertz CT molecular complexity index is 4780. The second-order valence-electron chi connectivity index (χ2n) is 18.2. The molecule has 0 radical (unpaired) electrons. The van der Waals surface area contributed by atoms with Crippen LogP contribution < -0.4 is 0 Å². The van der Waals surface area contributed by atoms with E-state index in [-0.39, 0.29) is 0 Å². The Morgan fingerprint density at radius 2 is 0.889 bits per heavy atom. The van der Waals surface area contributed by atoms with Gasteiger partial charge in [0, 0.05) is 65.5 Å². The molecule has 15 aromatic rings. The molecule has 0 saturated heterocycles. The van der Waals surface area contributed by atoms with Crippen molar-refractivity contribution in [3.63, 3.8) is 0 Å². The Morgan fingerprint density at radius 1 is 0.347 bits per heavy atom. The molecule has 8 heteroatoms. The highest BCUT2D eigenvalue weighted by molar-refractivity contribution is 6.26. The zero-order valence-corrected chi connectivity index (χ0v) is 38.3. The number of nitriles is 1. The minimum Gasteiger partial charge on any atom is -0.456 e. The smallest absolute Gasteiger partial charge is 0.164 e. The van der Waals surface area contributed by atoms with E-state index in [4.69, 9.17) is 23.8 Å². The summed E-state index contributed by atoms with van der Waals surface area (Å²) < 4.78 is 17.1. The van der Waals surface area contributed by atoms with Gasteiger partial charge in [-0.2, -0.15) is 5.26 Å². The van der Waals surface area contributed by atoms with E-state index in [1.54, 1.807) is 0 Å². The first-order valence-corrected chi connectivity index (χ1v) is 23.9. The molecular formula is C64H36N6O2. The summed E-state index contributed by atoms with van der Waals surface area (Å²) in [4.78, 5) is 15.5.